The maximum atomic E-state index is 13.0. The number of allylic oxidation sites excluding steroid dienone is 3. The molecule has 1 aliphatic heterocycles. The lowest BCUT2D eigenvalue weighted by Gasteiger charge is -2.39. The standard InChI is InChI=1S/C20H22N2O5/c1-11-16(19(24)27-4)17(12-7-5-6-8-14(12)22(25)26)18-13(21-11)9-20(2,3)10-15(18)23/h5-8,17,21H,9-10H2,1-4H3/t17-/m0/s1. The molecule has 0 unspecified atom stereocenters. The van der Waals surface area contributed by atoms with Crippen LogP contribution in [-0.2, 0) is 14.3 Å². The van der Waals surface area contributed by atoms with E-state index in [-0.39, 0.29) is 22.5 Å². The number of Topliss-reactive ketones (excluding diaryl/α,β-unsaturated/α-hetero) is 1. The van der Waals surface area contributed by atoms with Crippen molar-refractivity contribution < 1.29 is 19.2 Å². The molecule has 27 heavy (non-hydrogen) atoms. The fraction of sp³-hybridized carbons (Fsp3) is 0.400. The molecule has 1 aromatic carbocycles. The maximum absolute atomic E-state index is 13.0. The number of nitro benzene ring substituents is 1. The molecule has 0 aromatic heterocycles. The second-order valence-electron chi connectivity index (χ2n) is 7.74. The third-order valence-electron chi connectivity index (χ3n) is 5.09. The minimum Gasteiger partial charge on any atom is -0.466 e. The highest BCUT2D eigenvalue weighted by atomic mass is 16.6. The van der Waals surface area contributed by atoms with Crippen molar-refractivity contribution >= 4 is 17.4 Å². The monoisotopic (exact) mass is 370 g/mol. The van der Waals surface area contributed by atoms with Crippen LogP contribution in [0.4, 0.5) is 5.69 Å². The van der Waals surface area contributed by atoms with E-state index < -0.39 is 16.8 Å². The zero-order valence-electron chi connectivity index (χ0n) is 15.8. The Labute approximate surface area is 157 Å². The normalized spacial score (nSPS) is 21.5. The van der Waals surface area contributed by atoms with E-state index in [2.05, 4.69) is 5.32 Å². The second kappa shape index (κ2) is 6.64. The van der Waals surface area contributed by atoms with Gasteiger partial charge in [0.05, 0.1) is 23.5 Å². The van der Waals surface area contributed by atoms with Crippen LogP contribution in [0.2, 0.25) is 0 Å². The van der Waals surface area contributed by atoms with Gasteiger partial charge in [-0.25, -0.2) is 4.79 Å². The first-order valence-corrected chi connectivity index (χ1v) is 8.72. The van der Waals surface area contributed by atoms with Crippen molar-refractivity contribution in [3.8, 4) is 0 Å². The van der Waals surface area contributed by atoms with E-state index in [0.29, 0.717) is 29.7 Å². The van der Waals surface area contributed by atoms with E-state index in [0.717, 1.165) is 5.70 Å². The van der Waals surface area contributed by atoms with E-state index in [1.807, 2.05) is 13.8 Å². The Kier molecular flexibility index (Phi) is 4.63. The quantitative estimate of drug-likeness (QED) is 0.498. The van der Waals surface area contributed by atoms with Crippen molar-refractivity contribution in [2.24, 2.45) is 5.41 Å². The molecule has 0 saturated heterocycles. The zero-order chi connectivity index (χ0) is 19.9. The summed E-state index contributed by atoms with van der Waals surface area (Å²) < 4.78 is 4.93. The largest absolute Gasteiger partial charge is 0.466 e. The Hall–Kier alpha value is -2.96. The Morgan fingerprint density at radius 3 is 2.59 bits per heavy atom. The Morgan fingerprint density at radius 2 is 1.96 bits per heavy atom. The molecule has 3 rings (SSSR count). The van der Waals surface area contributed by atoms with Crippen molar-refractivity contribution in [1.82, 2.24) is 5.32 Å². The number of benzene rings is 1. The van der Waals surface area contributed by atoms with Crippen LogP contribution in [0.25, 0.3) is 0 Å². The number of methoxy groups -OCH3 is 1. The first-order chi connectivity index (χ1) is 12.7. The predicted molar refractivity (Wildman–Crippen MR) is 98.7 cm³/mol. The number of nitrogens with one attached hydrogen (secondary N) is 1. The lowest BCUT2D eigenvalue weighted by molar-refractivity contribution is -0.385. The summed E-state index contributed by atoms with van der Waals surface area (Å²) in [4.78, 5) is 36.7. The van der Waals surface area contributed by atoms with Gasteiger partial charge in [-0.15, -0.1) is 0 Å². The molecule has 1 aliphatic carbocycles. The fourth-order valence-corrected chi connectivity index (χ4v) is 4.03. The van der Waals surface area contributed by atoms with Gasteiger partial charge in [0.1, 0.15) is 0 Å². The number of nitrogens with zero attached hydrogens (tertiary/aromatic N) is 1. The molecule has 7 heteroatoms. The topological polar surface area (TPSA) is 98.5 Å². The number of carbonyl (C=O) groups excluding carboxylic acids is 2. The number of para-hydroxylation sites is 1. The van der Waals surface area contributed by atoms with Crippen LogP contribution < -0.4 is 5.32 Å². The summed E-state index contributed by atoms with van der Waals surface area (Å²) >= 11 is 0. The molecule has 1 atom stereocenters. The van der Waals surface area contributed by atoms with Gasteiger partial charge in [0.15, 0.2) is 5.78 Å². The summed E-state index contributed by atoms with van der Waals surface area (Å²) in [5.74, 6) is -1.53. The van der Waals surface area contributed by atoms with Crippen LogP contribution in [-0.4, -0.2) is 23.8 Å². The fourth-order valence-electron chi connectivity index (χ4n) is 4.03. The molecule has 0 radical (unpaired) electrons. The van der Waals surface area contributed by atoms with Crippen molar-refractivity contribution in [3.63, 3.8) is 0 Å². The van der Waals surface area contributed by atoms with Crippen LogP contribution >= 0.6 is 0 Å². The number of rotatable bonds is 3. The predicted octanol–water partition coefficient (Wildman–Crippen LogP) is 3.37. The first-order valence-electron chi connectivity index (χ1n) is 8.72. The van der Waals surface area contributed by atoms with Crippen LogP contribution in [0.1, 0.15) is 45.1 Å². The first kappa shape index (κ1) is 18.8. The summed E-state index contributed by atoms with van der Waals surface area (Å²) in [7, 11) is 1.26. The van der Waals surface area contributed by atoms with E-state index in [1.54, 1.807) is 25.1 Å². The third kappa shape index (κ3) is 3.25. The molecule has 0 saturated carbocycles. The van der Waals surface area contributed by atoms with Gasteiger partial charge in [0.25, 0.3) is 5.69 Å². The number of ether oxygens (including phenoxy) is 1. The summed E-state index contributed by atoms with van der Waals surface area (Å²) in [6.07, 6.45) is 0.940. The molecule has 1 N–H and O–H groups in total. The number of nitro groups is 1. The van der Waals surface area contributed by atoms with Crippen molar-refractivity contribution in [1.29, 1.82) is 0 Å². The Morgan fingerprint density at radius 1 is 1.30 bits per heavy atom. The highest BCUT2D eigenvalue weighted by Crippen LogP contribution is 2.48. The molecule has 2 aliphatic rings. The number of dihydropyridines is 1. The van der Waals surface area contributed by atoms with E-state index >= 15 is 0 Å². The van der Waals surface area contributed by atoms with Crippen LogP contribution in [0.5, 0.6) is 0 Å². The minimum atomic E-state index is -0.820. The maximum Gasteiger partial charge on any atom is 0.336 e. The van der Waals surface area contributed by atoms with Gasteiger partial charge in [-0.3, -0.25) is 14.9 Å². The van der Waals surface area contributed by atoms with Crippen molar-refractivity contribution in [3.05, 3.63) is 62.5 Å². The summed E-state index contributed by atoms with van der Waals surface area (Å²) in [6.45, 7) is 5.74. The van der Waals surface area contributed by atoms with E-state index in [9.17, 15) is 19.7 Å². The second-order valence-corrected chi connectivity index (χ2v) is 7.74. The molecular formula is C20H22N2O5. The van der Waals surface area contributed by atoms with Gasteiger partial charge in [-0.05, 0) is 18.8 Å². The summed E-state index contributed by atoms with van der Waals surface area (Å²) in [5, 5.41) is 14.8. The highest BCUT2D eigenvalue weighted by molar-refractivity contribution is 6.04. The number of hydrogen-bond acceptors (Lipinski definition) is 6. The lowest BCUT2D eigenvalue weighted by atomic mass is 9.68. The number of carbonyl (C=O) groups is 2. The van der Waals surface area contributed by atoms with Gasteiger partial charge in [0, 0.05) is 35.0 Å². The smallest absolute Gasteiger partial charge is 0.336 e. The average molecular weight is 370 g/mol. The third-order valence-corrected chi connectivity index (χ3v) is 5.09. The summed E-state index contributed by atoms with van der Waals surface area (Å²) in [6, 6.07) is 6.23. The lowest BCUT2D eigenvalue weighted by Crippen LogP contribution is -2.38. The van der Waals surface area contributed by atoms with Gasteiger partial charge in [0.2, 0.25) is 0 Å². The van der Waals surface area contributed by atoms with Gasteiger partial charge >= 0.3 is 5.97 Å². The van der Waals surface area contributed by atoms with E-state index in [4.69, 9.17) is 4.74 Å². The molecule has 1 aromatic rings. The van der Waals surface area contributed by atoms with Crippen LogP contribution in [0, 0.1) is 15.5 Å². The minimum absolute atomic E-state index is 0.106. The van der Waals surface area contributed by atoms with Gasteiger partial charge in [-0.2, -0.15) is 0 Å². The van der Waals surface area contributed by atoms with Crippen LogP contribution in [0.3, 0.4) is 0 Å². The number of ketones is 1. The molecule has 0 amide bonds. The van der Waals surface area contributed by atoms with Crippen molar-refractivity contribution in [2.45, 2.75) is 39.5 Å². The molecular weight excluding hydrogens is 348 g/mol. The molecule has 1 heterocycles. The highest BCUT2D eigenvalue weighted by Gasteiger charge is 2.44. The Balaban J connectivity index is 2.28. The van der Waals surface area contributed by atoms with Gasteiger partial charge < -0.3 is 10.1 Å². The molecule has 7 nitrogen and oxygen atoms in total. The number of hydrogen-bond donors (Lipinski definition) is 1. The molecule has 0 bridgehead atoms. The Bertz CT molecular complexity index is 911. The van der Waals surface area contributed by atoms with E-state index in [1.165, 1.54) is 13.2 Å². The molecule has 0 spiro atoms. The number of esters is 1. The van der Waals surface area contributed by atoms with Crippen LogP contribution in [0.15, 0.2) is 46.8 Å². The molecule has 142 valence electrons. The van der Waals surface area contributed by atoms with Crippen molar-refractivity contribution in [2.75, 3.05) is 7.11 Å². The SMILES string of the molecule is COC(=O)C1=C(C)NC2=C(C(=O)CC(C)(C)C2)[C@H]1c1ccccc1[N+](=O)[O-]. The average Bonchev–Trinajstić information content (AvgIpc) is 2.58. The molecule has 0 fully saturated rings. The van der Waals surface area contributed by atoms with Gasteiger partial charge in [-0.1, -0.05) is 32.0 Å². The summed E-state index contributed by atoms with van der Waals surface area (Å²) in [5.41, 5.74) is 1.92. The zero-order valence-corrected chi connectivity index (χ0v) is 15.8.